The van der Waals surface area contributed by atoms with E-state index in [1.54, 1.807) is 87.1 Å². The number of halogens is 2. The van der Waals surface area contributed by atoms with Gasteiger partial charge in [0.15, 0.2) is 20.0 Å². The molecule has 38 heteroatoms. The summed E-state index contributed by atoms with van der Waals surface area (Å²) >= 11 is 4.61. The number of likely N-dealkylation sites (tertiary alicyclic amines) is 3. The molecule has 32 nitrogen and oxygen atoms in total. The van der Waals surface area contributed by atoms with Crippen LogP contribution >= 0.6 is 45.3 Å². The zero-order chi connectivity index (χ0) is 100. The van der Waals surface area contributed by atoms with Crippen LogP contribution in [0.2, 0.25) is 0 Å². The third kappa shape index (κ3) is 27.3. The fraction of sp³-hybridized carbons (Fsp3) is 0.600. The highest BCUT2D eigenvalue weighted by molar-refractivity contribution is 7.18. The van der Waals surface area contributed by atoms with Crippen molar-refractivity contribution in [2.45, 2.75) is 330 Å². The second-order valence-electron chi connectivity index (χ2n) is 41.6. The van der Waals surface area contributed by atoms with Gasteiger partial charge in [0.05, 0.1) is 48.5 Å². The number of piperidine rings is 1. The molecule has 8 amide bonds. The standard InChI is InChI=1S/C26H35N5O3S.C25H33F2N5O3S.C25H35N5O3S.C24H35N5O3S/c1-14-11-20(29-15(2)16-5-6-16)27-12-19(14)22-21(25(33)31-17-7-8-18(31)10-9-17)30-24(35-22)23(32)28-13-26(3,4)34;1-14-9-18(30-16-7-5-6-8-16)28-11-17(14)20-19(23(34)32-13-25(26,27)10-15(32)2)31-22(36-20)21(33)29-12-24(3,4)35;1-14-11-19(28-16(3)17-8-9-17)26-12-18(14)21-20(24(32)30-10-6-7-15(30)2)29-23(34-21)22(31)27-13-25(4,5)33;1-14(2)27-18-11-15(3)17(12-25-18)20-19(23(31)29-10-8-7-9-16(29)4)28-22(33-20)21(30)26-13-24(5,6)32/h11-12,15-18,34H,5-10,13H2,1-4H3,(H,27,29)(H,28,32);9,11,15-16,35H,5-8,10,12-13H2,1-4H3,(H,28,30)(H,29,33);11-12,15-17,33H,6-10,13H2,1-5H3,(H,26,28)(H,27,31);11-12,14,16,32H,7-10,13H2,1-6H3,(H,25,27)(H,26,30)/t15-,17?,18?;15-;15-,16+;16-/m0000/s1. The van der Waals surface area contributed by atoms with Crippen LogP contribution in [0.5, 0.6) is 0 Å². The average Bonchev–Trinajstić information content (AvgIpc) is 1.62. The Morgan fingerprint density at radius 3 is 1.01 bits per heavy atom. The number of nitrogens with one attached hydrogen (secondary N) is 8. The van der Waals surface area contributed by atoms with Crippen LogP contribution in [-0.4, -0.2) is 256 Å². The fourth-order valence-electron chi connectivity index (χ4n) is 18.1. The average molecular weight is 1980 g/mol. The molecule has 5 saturated heterocycles. The minimum absolute atomic E-state index is 0.0124. The first-order chi connectivity index (χ1) is 64.9. The molecule has 3 saturated carbocycles. The molecule has 138 heavy (non-hydrogen) atoms. The Kier molecular flexibility index (Phi) is 33.4. The molecule has 0 unspecified atom stereocenters. The van der Waals surface area contributed by atoms with E-state index >= 15 is 0 Å². The van der Waals surface area contributed by atoms with Crippen molar-refractivity contribution in [2.24, 2.45) is 11.8 Å². The molecule has 8 aliphatic rings. The van der Waals surface area contributed by atoms with Crippen LogP contribution in [0.4, 0.5) is 32.1 Å². The van der Waals surface area contributed by atoms with Crippen molar-refractivity contribution in [3.63, 3.8) is 0 Å². The number of anilines is 4. The number of pyridine rings is 4. The van der Waals surface area contributed by atoms with Gasteiger partial charge in [-0.2, -0.15) is 0 Å². The van der Waals surface area contributed by atoms with E-state index in [2.05, 4.69) is 103 Å². The summed E-state index contributed by atoms with van der Waals surface area (Å²) < 4.78 is 28.1. The largest absolute Gasteiger partial charge is 0.389 e. The number of thiazole rings is 4. The maximum absolute atomic E-state index is 14.0. The van der Waals surface area contributed by atoms with Gasteiger partial charge in [-0.05, 0) is 286 Å². The summed E-state index contributed by atoms with van der Waals surface area (Å²) in [6.07, 6.45) is 25.2. The molecule has 13 heterocycles. The van der Waals surface area contributed by atoms with Crippen molar-refractivity contribution in [2.75, 3.05) is 67.1 Å². The number of aromatic nitrogens is 8. The predicted octanol–water partition coefficient (Wildman–Crippen LogP) is 15.9. The second-order valence-corrected chi connectivity index (χ2v) is 45.6. The number of rotatable bonds is 30. The minimum atomic E-state index is -2.97. The fourth-order valence-corrected chi connectivity index (χ4v) is 22.3. The summed E-state index contributed by atoms with van der Waals surface area (Å²) in [4.78, 5) is 151. The van der Waals surface area contributed by atoms with Crippen molar-refractivity contribution < 1.29 is 67.6 Å². The number of alkyl halides is 2. The molecule has 0 aromatic carbocycles. The first kappa shape index (κ1) is 105. The molecule has 0 radical (unpaired) electrons. The van der Waals surface area contributed by atoms with Crippen molar-refractivity contribution >= 4 is 116 Å². The van der Waals surface area contributed by atoms with E-state index in [0.717, 1.165) is 149 Å². The molecule has 8 fully saturated rings. The van der Waals surface area contributed by atoms with Crippen molar-refractivity contribution in [3.05, 3.63) is 114 Å². The Labute approximate surface area is 823 Å². The molecular formula is C100H138F2N20O12S4. The number of carbonyl (C=O) groups is 8. The van der Waals surface area contributed by atoms with Gasteiger partial charge >= 0.3 is 0 Å². The van der Waals surface area contributed by atoms with Gasteiger partial charge in [-0.3, -0.25) is 38.4 Å². The Bertz CT molecular complexity index is 5720. The molecule has 0 spiro atoms. The smallest absolute Gasteiger partial charge is 0.280 e. The summed E-state index contributed by atoms with van der Waals surface area (Å²) in [5.74, 6) is -1.19. The molecule has 12 N–H and O–H groups in total. The number of carbonyl (C=O) groups excluding carboxylic acids is 8. The first-order valence-corrected chi connectivity index (χ1v) is 51.8. The van der Waals surface area contributed by atoms with Crippen LogP contribution in [0.1, 0.15) is 323 Å². The number of hydrogen-bond acceptors (Lipinski definition) is 28. The summed E-state index contributed by atoms with van der Waals surface area (Å²) in [6.45, 7) is 35.8. The van der Waals surface area contributed by atoms with Crippen LogP contribution in [-0.2, 0) is 0 Å². The highest BCUT2D eigenvalue weighted by Crippen LogP contribution is 2.45. The number of aliphatic hydroxyl groups is 4. The lowest BCUT2D eigenvalue weighted by Gasteiger charge is -2.33. The summed E-state index contributed by atoms with van der Waals surface area (Å²) in [6, 6.07) is 9.37. The van der Waals surface area contributed by atoms with E-state index < -0.39 is 71.0 Å². The quantitative estimate of drug-likeness (QED) is 0.0199. The van der Waals surface area contributed by atoms with Gasteiger partial charge in [-0.15, -0.1) is 45.3 Å². The minimum Gasteiger partial charge on any atom is -0.389 e. The molecule has 5 atom stereocenters. The van der Waals surface area contributed by atoms with Crippen molar-refractivity contribution in [1.29, 1.82) is 0 Å². The van der Waals surface area contributed by atoms with Gasteiger partial charge in [-0.25, -0.2) is 48.7 Å². The van der Waals surface area contributed by atoms with Gasteiger partial charge in [0, 0.05) is 147 Å². The molecular weight excluding hydrogens is 1840 g/mol. The molecule has 3 aliphatic carbocycles. The van der Waals surface area contributed by atoms with Gasteiger partial charge in [0.1, 0.15) is 46.0 Å². The maximum Gasteiger partial charge on any atom is 0.280 e. The molecule has 16 rings (SSSR count). The first-order valence-electron chi connectivity index (χ1n) is 48.6. The molecule has 748 valence electrons. The predicted molar refractivity (Wildman–Crippen MR) is 537 cm³/mol. The second kappa shape index (κ2) is 43.9. The van der Waals surface area contributed by atoms with Crippen LogP contribution in [0.3, 0.4) is 0 Å². The van der Waals surface area contributed by atoms with E-state index in [0.29, 0.717) is 79.5 Å². The van der Waals surface area contributed by atoms with Gasteiger partial charge in [-0.1, -0.05) is 12.8 Å². The Morgan fingerprint density at radius 1 is 0.406 bits per heavy atom. The normalized spacial score (nSPS) is 19.7. The maximum atomic E-state index is 14.0. The van der Waals surface area contributed by atoms with Crippen LogP contribution in [0.25, 0.3) is 41.8 Å². The number of aryl methyl sites for hydroxylation is 4. The zero-order valence-electron chi connectivity index (χ0n) is 83.0. The summed E-state index contributed by atoms with van der Waals surface area (Å²) in [7, 11) is 0. The molecule has 2 bridgehead atoms. The number of amides is 8. The number of nitrogens with zero attached hydrogens (tertiary/aromatic N) is 12. The van der Waals surface area contributed by atoms with Crippen molar-refractivity contribution in [3.8, 4) is 41.8 Å². The van der Waals surface area contributed by atoms with Crippen LogP contribution in [0, 0.1) is 39.5 Å². The van der Waals surface area contributed by atoms with Gasteiger partial charge in [0.2, 0.25) is 0 Å². The van der Waals surface area contributed by atoms with E-state index in [4.69, 9.17) is 0 Å². The number of hydrogen-bond donors (Lipinski definition) is 12. The lowest BCUT2D eigenvalue weighted by Crippen LogP contribution is -2.42. The molecule has 8 aromatic heterocycles. The SMILES string of the molecule is Cc1cc(NC(C)C)ncc1-c1sc(C(=O)NCC(C)(C)O)nc1C(=O)N1CCCC[C@@H]1C.Cc1cc(NC2CCCC2)ncc1-c1sc(C(=O)NCC(C)(C)O)nc1C(=O)N1CC(F)(F)C[C@@H]1C.Cc1cc(N[C@@H](C)C2CC2)ncc1-c1sc(C(=O)NCC(C)(C)O)nc1C(=O)N1C2CCC1CC2.Cc1cc(N[C@H](C)C2CC2)ncc1-c1sc(C(=O)NCC(C)(C)O)nc1C(=O)N1CCC[C@@H]1C. The lowest BCUT2D eigenvalue weighted by molar-refractivity contribution is 0.0117. The Morgan fingerprint density at radius 2 is 0.710 bits per heavy atom. The third-order valence-electron chi connectivity index (χ3n) is 26.2. The van der Waals surface area contributed by atoms with Gasteiger partial charge in [0.25, 0.3) is 53.2 Å². The van der Waals surface area contributed by atoms with Crippen LogP contribution in [0.15, 0.2) is 49.1 Å². The van der Waals surface area contributed by atoms with Crippen LogP contribution < -0.4 is 42.5 Å². The third-order valence-corrected chi connectivity index (χ3v) is 30.5. The van der Waals surface area contributed by atoms with E-state index in [9.17, 15) is 67.6 Å². The topological polar surface area (TPSA) is 430 Å². The number of fused-ring (bicyclic) bond motifs is 2. The highest BCUT2D eigenvalue weighted by atomic mass is 32.1. The van der Waals surface area contributed by atoms with E-state index in [-0.39, 0.29) is 111 Å². The monoisotopic (exact) mass is 1980 g/mol. The Balaban J connectivity index is 0.000000155. The Hall–Kier alpha value is -10.2. The van der Waals surface area contributed by atoms with E-state index in [1.807, 2.05) is 87.4 Å². The van der Waals surface area contributed by atoms with Crippen molar-refractivity contribution in [1.82, 2.24) is 80.7 Å². The highest BCUT2D eigenvalue weighted by Gasteiger charge is 2.48. The van der Waals surface area contributed by atoms with E-state index in [1.165, 1.54) is 72.5 Å². The molecule has 8 aromatic rings. The summed E-state index contributed by atoms with van der Waals surface area (Å²) in [5.41, 5.74) is 3.38. The summed E-state index contributed by atoms with van der Waals surface area (Å²) in [5, 5.41) is 65.0. The lowest BCUT2D eigenvalue weighted by atomic mass is 10.0. The zero-order valence-corrected chi connectivity index (χ0v) is 86.2. The molecule has 5 aliphatic heterocycles. The van der Waals surface area contributed by atoms with Gasteiger partial charge < -0.3 is 82.6 Å².